The number of hydrogen-bond donors (Lipinski definition) is 0. The van der Waals surface area contributed by atoms with E-state index in [4.69, 9.17) is 0 Å². The van der Waals surface area contributed by atoms with Crippen LogP contribution in [0.25, 0.3) is 6.08 Å². The normalized spacial score (nSPS) is 12.6. The van der Waals surface area contributed by atoms with Crippen LogP contribution in [0.1, 0.15) is 32.4 Å². The summed E-state index contributed by atoms with van der Waals surface area (Å²) in [6, 6.07) is 8.84. The van der Waals surface area contributed by atoms with Gasteiger partial charge >= 0.3 is 0 Å². The smallest absolute Gasteiger partial charge is 0.0267 e. The van der Waals surface area contributed by atoms with Crippen LogP contribution in [0.5, 0.6) is 0 Å². The second-order valence-electron chi connectivity index (χ2n) is 4.06. The van der Waals surface area contributed by atoms with Crippen molar-refractivity contribution in [3.05, 3.63) is 50.4 Å². The number of aryl methyl sites for hydroxylation is 1. The first-order chi connectivity index (χ1) is 7.69. The molecule has 2 aromatic rings. The Morgan fingerprint density at radius 1 is 1.25 bits per heavy atom. The van der Waals surface area contributed by atoms with Crippen LogP contribution >= 0.6 is 22.7 Å². The van der Waals surface area contributed by atoms with E-state index in [2.05, 4.69) is 44.7 Å². The number of rotatable bonds is 4. The molecule has 2 heteroatoms. The van der Waals surface area contributed by atoms with Crippen LogP contribution in [-0.4, -0.2) is 0 Å². The number of thiophene rings is 2. The second-order valence-corrected chi connectivity index (χ2v) is 6.58. The fourth-order valence-corrected chi connectivity index (χ4v) is 3.65. The summed E-state index contributed by atoms with van der Waals surface area (Å²) in [5, 5.41) is 0. The fourth-order valence-electron chi connectivity index (χ4n) is 1.73. The first-order valence-electron chi connectivity index (χ1n) is 5.46. The molecule has 2 rings (SSSR count). The molecule has 2 aromatic heterocycles. The lowest BCUT2D eigenvalue weighted by atomic mass is 10.1. The van der Waals surface area contributed by atoms with Crippen LogP contribution in [0, 0.1) is 6.92 Å². The maximum atomic E-state index is 3.80. The van der Waals surface area contributed by atoms with Gasteiger partial charge in [0, 0.05) is 19.5 Å². The van der Waals surface area contributed by atoms with Crippen LogP contribution in [0.15, 0.2) is 30.8 Å². The Bertz CT molecular complexity index is 476. The molecule has 0 aliphatic carbocycles. The van der Waals surface area contributed by atoms with Gasteiger partial charge < -0.3 is 0 Å². The number of hydrogen-bond acceptors (Lipinski definition) is 2. The monoisotopic (exact) mass is 248 g/mol. The average Bonchev–Trinajstić information content (AvgIpc) is 2.87. The Hall–Kier alpha value is -0.860. The maximum absolute atomic E-state index is 3.80. The molecule has 0 spiro atoms. The highest BCUT2D eigenvalue weighted by molar-refractivity contribution is 7.13. The lowest BCUT2D eigenvalue weighted by Gasteiger charge is -2.06. The van der Waals surface area contributed by atoms with Gasteiger partial charge in [-0.1, -0.05) is 19.6 Å². The zero-order valence-corrected chi connectivity index (χ0v) is 11.3. The van der Waals surface area contributed by atoms with Crippen molar-refractivity contribution >= 4 is 28.7 Å². The molecule has 2 heterocycles. The van der Waals surface area contributed by atoms with Gasteiger partial charge in [-0.25, -0.2) is 0 Å². The van der Waals surface area contributed by atoms with Crippen LogP contribution in [0.3, 0.4) is 0 Å². The predicted octanol–water partition coefficient (Wildman–Crippen LogP) is 5.11. The summed E-state index contributed by atoms with van der Waals surface area (Å²) in [4.78, 5) is 5.61. The molecule has 1 atom stereocenters. The molecule has 0 amide bonds. The Kier molecular flexibility index (Phi) is 3.62. The Balaban J connectivity index is 2.06. The summed E-state index contributed by atoms with van der Waals surface area (Å²) in [6.07, 6.45) is 3.06. The van der Waals surface area contributed by atoms with Crippen molar-refractivity contribution in [1.29, 1.82) is 0 Å². The predicted molar refractivity (Wildman–Crippen MR) is 75.6 cm³/mol. The van der Waals surface area contributed by atoms with Gasteiger partial charge in [-0.15, -0.1) is 22.7 Å². The minimum atomic E-state index is 0.620. The molecule has 1 unspecified atom stereocenters. The van der Waals surface area contributed by atoms with Gasteiger partial charge in [0.05, 0.1) is 0 Å². The molecule has 0 bridgehead atoms. The third-order valence-corrected chi connectivity index (χ3v) is 4.97. The van der Waals surface area contributed by atoms with Crippen molar-refractivity contribution in [1.82, 2.24) is 0 Å². The Labute approximate surface area is 105 Å². The highest BCUT2D eigenvalue weighted by atomic mass is 32.1. The summed E-state index contributed by atoms with van der Waals surface area (Å²) in [5.41, 5.74) is 0. The van der Waals surface area contributed by atoms with E-state index in [1.165, 1.54) is 19.5 Å². The SMILES string of the molecule is C=Cc1ccc(CC(C)c2ccc(C)s2)s1. The highest BCUT2D eigenvalue weighted by Crippen LogP contribution is 2.29. The molecule has 16 heavy (non-hydrogen) atoms. The van der Waals surface area contributed by atoms with Crippen molar-refractivity contribution in [3.63, 3.8) is 0 Å². The molecule has 0 fully saturated rings. The van der Waals surface area contributed by atoms with Crippen molar-refractivity contribution in [2.24, 2.45) is 0 Å². The summed E-state index contributed by atoms with van der Waals surface area (Å²) in [6.45, 7) is 8.27. The topological polar surface area (TPSA) is 0 Å². The average molecular weight is 248 g/mol. The minimum absolute atomic E-state index is 0.620. The van der Waals surface area contributed by atoms with Gasteiger partial charge in [-0.3, -0.25) is 0 Å². The van der Waals surface area contributed by atoms with Gasteiger partial charge in [0.2, 0.25) is 0 Å². The summed E-state index contributed by atoms with van der Waals surface area (Å²) < 4.78 is 0. The van der Waals surface area contributed by atoms with Crippen LogP contribution in [0.4, 0.5) is 0 Å². The van der Waals surface area contributed by atoms with Gasteiger partial charge in [0.25, 0.3) is 0 Å². The lowest BCUT2D eigenvalue weighted by Crippen LogP contribution is -1.93. The minimum Gasteiger partial charge on any atom is -0.145 e. The molecule has 0 aliphatic rings. The molecule has 0 saturated carbocycles. The van der Waals surface area contributed by atoms with Crippen molar-refractivity contribution in [2.75, 3.05) is 0 Å². The molecule has 0 radical (unpaired) electrons. The van der Waals surface area contributed by atoms with Crippen molar-refractivity contribution in [2.45, 2.75) is 26.2 Å². The van der Waals surface area contributed by atoms with Gasteiger partial charge in [0.1, 0.15) is 0 Å². The third kappa shape index (κ3) is 2.63. The van der Waals surface area contributed by atoms with Gasteiger partial charge in [0.15, 0.2) is 0 Å². The first-order valence-corrected chi connectivity index (χ1v) is 7.10. The molecular weight excluding hydrogens is 232 g/mol. The van der Waals surface area contributed by atoms with Gasteiger partial charge in [-0.2, -0.15) is 0 Å². The summed E-state index contributed by atoms with van der Waals surface area (Å²) in [7, 11) is 0. The molecule has 0 aliphatic heterocycles. The van der Waals surface area contributed by atoms with Crippen molar-refractivity contribution in [3.8, 4) is 0 Å². The fraction of sp³-hybridized carbons (Fsp3) is 0.286. The van der Waals surface area contributed by atoms with Crippen LogP contribution < -0.4 is 0 Å². The Morgan fingerprint density at radius 2 is 2.06 bits per heavy atom. The largest absolute Gasteiger partial charge is 0.145 e. The molecule has 84 valence electrons. The molecule has 0 N–H and O–H groups in total. The summed E-state index contributed by atoms with van der Waals surface area (Å²) in [5.74, 6) is 0.620. The van der Waals surface area contributed by atoms with E-state index >= 15 is 0 Å². The van der Waals surface area contributed by atoms with Crippen LogP contribution in [-0.2, 0) is 6.42 Å². The standard InChI is InChI=1S/C14H16S2/c1-4-12-6-7-13(16-12)9-10(2)14-8-5-11(3)15-14/h4-8,10H,1,9H2,2-3H3. The molecule has 0 nitrogen and oxygen atoms in total. The van der Waals surface area contributed by atoms with E-state index in [9.17, 15) is 0 Å². The first kappa shape index (κ1) is 11.6. The van der Waals surface area contributed by atoms with E-state index in [1.807, 2.05) is 28.7 Å². The zero-order valence-electron chi connectivity index (χ0n) is 9.69. The van der Waals surface area contributed by atoms with E-state index in [0.29, 0.717) is 5.92 Å². The molecule has 0 saturated heterocycles. The second kappa shape index (κ2) is 4.98. The highest BCUT2D eigenvalue weighted by Gasteiger charge is 2.09. The molecular formula is C14H16S2. The lowest BCUT2D eigenvalue weighted by molar-refractivity contribution is 0.785. The Morgan fingerprint density at radius 3 is 2.62 bits per heavy atom. The van der Waals surface area contributed by atoms with Crippen molar-refractivity contribution < 1.29 is 0 Å². The maximum Gasteiger partial charge on any atom is 0.0267 e. The van der Waals surface area contributed by atoms with E-state index in [0.717, 1.165) is 6.42 Å². The van der Waals surface area contributed by atoms with Gasteiger partial charge in [-0.05, 0) is 43.5 Å². The van der Waals surface area contributed by atoms with E-state index in [-0.39, 0.29) is 0 Å². The van der Waals surface area contributed by atoms with E-state index < -0.39 is 0 Å². The third-order valence-electron chi connectivity index (χ3n) is 2.64. The molecule has 0 aromatic carbocycles. The zero-order chi connectivity index (χ0) is 11.5. The van der Waals surface area contributed by atoms with Crippen LogP contribution in [0.2, 0.25) is 0 Å². The quantitative estimate of drug-likeness (QED) is 0.705. The van der Waals surface area contributed by atoms with E-state index in [1.54, 1.807) is 0 Å². The summed E-state index contributed by atoms with van der Waals surface area (Å²) >= 11 is 3.76.